The molecule has 1 unspecified atom stereocenters. The standard InChI is InChI=1S/C13H28BrNO2/c1-4-13(11-14)12-15(7-9-16-5-2)8-10-17-6-3/h13H,4-12H2,1-3H3. The molecule has 0 spiro atoms. The molecule has 0 fully saturated rings. The van der Waals surface area contributed by atoms with E-state index in [-0.39, 0.29) is 0 Å². The first-order valence-electron chi connectivity index (χ1n) is 6.72. The number of alkyl halides is 1. The monoisotopic (exact) mass is 309 g/mol. The molecule has 104 valence electrons. The van der Waals surface area contributed by atoms with Crippen molar-refractivity contribution in [3.63, 3.8) is 0 Å². The highest BCUT2D eigenvalue weighted by Gasteiger charge is 2.11. The van der Waals surface area contributed by atoms with E-state index in [2.05, 4.69) is 27.8 Å². The lowest BCUT2D eigenvalue weighted by Gasteiger charge is -2.25. The van der Waals surface area contributed by atoms with Gasteiger partial charge in [-0.1, -0.05) is 29.3 Å². The topological polar surface area (TPSA) is 21.7 Å². The molecular weight excluding hydrogens is 282 g/mol. The predicted octanol–water partition coefficient (Wildman–Crippen LogP) is 2.78. The highest BCUT2D eigenvalue weighted by Crippen LogP contribution is 2.09. The quantitative estimate of drug-likeness (QED) is 0.409. The van der Waals surface area contributed by atoms with Crippen LogP contribution in [0.3, 0.4) is 0 Å². The number of ether oxygens (including phenoxy) is 2. The number of hydrogen-bond acceptors (Lipinski definition) is 3. The van der Waals surface area contributed by atoms with E-state index in [0.29, 0.717) is 0 Å². The molecule has 4 heteroatoms. The summed E-state index contributed by atoms with van der Waals surface area (Å²) in [5.41, 5.74) is 0. The maximum Gasteiger partial charge on any atom is 0.0593 e. The third-order valence-electron chi connectivity index (χ3n) is 2.82. The zero-order valence-corrected chi connectivity index (χ0v) is 13.2. The van der Waals surface area contributed by atoms with Crippen molar-refractivity contribution in [1.29, 1.82) is 0 Å². The summed E-state index contributed by atoms with van der Waals surface area (Å²) in [6.07, 6.45) is 1.21. The molecule has 0 aliphatic carbocycles. The summed E-state index contributed by atoms with van der Waals surface area (Å²) in [4.78, 5) is 2.45. The molecule has 0 aromatic carbocycles. The van der Waals surface area contributed by atoms with E-state index >= 15 is 0 Å². The third-order valence-corrected chi connectivity index (χ3v) is 3.74. The fraction of sp³-hybridized carbons (Fsp3) is 1.00. The number of rotatable bonds is 12. The lowest BCUT2D eigenvalue weighted by Crippen LogP contribution is -2.35. The van der Waals surface area contributed by atoms with Crippen molar-refractivity contribution >= 4 is 15.9 Å². The minimum absolute atomic E-state index is 0.721. The Hall–Kier alpha value is 0.360. The van der Waals surface area contributed by atoms with Gasteiger partial charge in [0.05, 0.1) is 13.2 Å². The zero-order valence-electron chi connectivity index (χ0n) is 11.6. The summed E-state index contributed by atoms with van der Waals surface area (Å²) in [6, 6.07) is 0. The molecule has 17 heavy (non-hydrogen) atoms. The van der Waals surface area contributed by atoms with Crippen molar-refractivity contribution in [2.45, 2.75) is 27.2 Å². The zero-order chi connectivity index (χ0) is 12.9. The van der Waals surface area contributed by atoms with Crippen LogP contribution in [0, 0.1) is 5.92 Å². The Balaban J connectivity index is 3.90. The van der Waals surface area contributed by atoms with Gasteiger partial charge in [0.25, 0.3) is 0 Å². The van der Waals surface area contributed by atoms with Gasteiger partial charge in [0.2, 0.25) is 0 Å². The van der Waals surface area contributed by atoms with Crippen LogP contribution >= 0.6 is 15.9 Å². The average molecular weight is 310 g/mol. The van der Waals surface area contributed by atoms with Gasteiger partial charge in [0, 0.05) is 38.2 Å². The maximum absolute atomic E-state index is 5.42. The first-order valence-corrected chi connectivity index (χ1v) is 7.84. The van der Waals surface area contributed by atoms with Crippen molar-refractivity contribution in [3.8, 4) is 0 Å². The van der Waals surface area contributed by atoms with E-state index in [0.717, 1.165) is 57.3 Å². The summed E-state index contributed by atoms with van der Waals surface area (Å²) in [5, 5.41) is 1.07. The summed E-state index contributed by atoms with van der Waals surface area (Å²) in [6.45, 7) is 12.7. The molecule has 0 heterocycles. The summed E-state index contributed by atoms with van der Waals surface area (Å²) in [7, 11) is 0. The van der Waals surface area contributed by atoms with Crippen molar-refractivity contribution in [2.75, 3.05) is 51.4 Å². The largest absolute Gasteiger partial charge is 0.380 e. The smallest absolute Gasteiger partial charge is 0.0593 e. The molecule has 3 nitrogen and oxygen atoms in total. The minimum atomic E-state index is 0.721. The predicted molar refractivity (Wildman–Crippen MR) is 77.0 cm³/mol. The van der Waals surface area contributed by atoms with E-state index in [1.807, 2.05) is 13.8 Å². The molecule has 0 bridgehead atoms. The second-order valence-corrected chi connectivity index (χ2v) is 4.77. The fourth-order valence-electron chi connectivity index (χ4n) is 1.62. The van der Waals surface area contributed by atoms with E-state index in [1.165, 1.54) is 6.42 Å². The highest BCUT2D eigenvalue weighted by molar-refractivity contribution is 9.09. The molecule has 0 saturated carbocycles. The van der Waals surface area contributed by atoms with Crippen LogP contribution in [0.5, 0.6) is 0 Å². The van der Waals surface area contributed by atoms with Crippen molar-refractivity contribution < 1.29 is 9.47 Å². The molecule has 0 amide bonds. The first kappa shape index (κ1) is 17.4. The lowest BCUT2D eigenvalue weighted by atomic mass is 10.1. The van der Waals surface area contributed by atoms with Gasteiger partial charge in [-0.15, -0.1) is 0 Å². The van der Waals surface area contributed by atoms with Gasteiger partial charge in [-0.25, -0.2) is 0 Å². The van der Waals surface area contributed by atoms with Crippen LogP contribution < -0.4 is 0 Å². The summed E-state index contributed by atoms with van der Waals surface area (Å²) in [5.74, 6) is 0.721. The van der Waals surface area contributed by atoms with E-state index in [1.54, 1.807) is 0 Å². The lowest BCUT2D eigenvalue weighted by molar-refractivity contribution is 0.0769. The van der Waals surface area contributed by atoms with Gasteiger partial charge < -0.3 is 9.47 Å². The van der Waals surface area contributed by atoms with Crippen molar-refractivity contribution in [1.82, 2.24) is 4.90 Å². The van der Waals surface area contributed by atoms with Crippen LogP contribution in [0.2, 0.25) is 0 Å². The average Bonchev–Trinajstić information content (AvgIpc) is 2.35. The Labute approximate surface area is 115 Å². The van der Waals surface area contributed by atoms with Crippen LogP contribution in [0.4, 0.5) is 0 Å². The Bertz CT molecular complexity index is 144. The van der Waals surface area contributed by atoms with Crippen LogP contribution in [-0.4, -0.2) is 56.3 Å². The van der Waals surface area contributed by atoms with Gasteiger partial charge in [-0.2, -0.15) is 0 Å². The second-order valence-electron chi connectivity index (χ2n) is 4.12. The molecule has 0 radical (unpaired) electrons. The van der Waals surface area contributed by atoms with Gasteiger partial charge in [0.1, 0.15) is 0 Å². The van der Waals surface area contributed by atoms with Gasteiger partial charge >= 0.3 is 0 Å². The SMILES string of the molecule is CCOCCN(CCOCC)CC(CC)CBr. The van der Waals surface area contributed by atoms with Crippen LogP contribution in [-0.2, 0) is 9.47 Å². The van der Waals surface area contributed by atoms with Crippen LogP contribution in [0.15, 0.2) is 0 Å². The summed E-state index contributed by atoms with van der Waals surface area (Å²) >= 11 is 3.58. The van der Waals surface area contributed by atoms with Crippen LogP contribution in [0.1, 0.15) is 27.2 Å². The van der Waals surface area contributed by atoms with Crippen molar-refractivity contribution in [2.24, 2.45) is 5.92 Å². The Morgan fingerprint density at radius 3 is 1.88 bits per heavy atom. The normalized spacial score (nSPS) is 13.2. The number of hydrogen-bond donors (Lipinski definition) is 0. The van der Waals surface area contributed by atoms with E-state index in [4.69, 9.17) is 9.47 Å². The number of nitrogens with zero attached hydrogens (tertiary/aromatic N) is 1. The fourth-order valence-corrected chi connectivity index (χ4v) is 2.29. The molecule has 0 aromatic heterocycles. The molecule has 0 rings (SSSR count). The Morgan fingerprint density at radius 2 is 1.53 bits per heavy atom. The summed E-state index contributed by atoms with van der Waals surface area (Å²) < 4.78 is 10.8. The molecule has 0 N–H and O–H groups in total. The van der Waals surface area contributed by atoms with E-state index < -0.39 is 0 Å². The van der Waals surface area contributed by atoms with Crippen molar-refractivity contribution in [3.05, 3.63) is 0 Å². The molecule has 0 aromatic rings. The first-order chi connectivity index (χ1) is 8.28. The molecule has 0 saturated heterocycles. The molecule has 1 atom stereocenters. The van der Waals surface area contributed by atoms with Crippen LogP contribution in [0.25, 0.3) is 0 Å². The molecular formula is C13H28BrNO2. The highest BCUT2D eigenvalue weighted by atomic mass is 79.9. The minimum Gasteiger partial charge on any atom is -0.380 e. The van der Waals surface area contributed by atoms with E-state index in [9.17, 15) is 0 Å². The number of halogens is 1. The Kier molecular flexibility index (Phi) is 13.1. The van der Waals surface area contributed by atoms with Gasteiger partial charge in [-0.05, 0) is 19.8 Å². The Morgan fingerprint density at radius 1 is 1.00 bits per heavy atom. The molecule has 0 aliphatic rings. The van der Waals surface area contributed by atoms with Gasteiger partial charge in [0.15, 0.2) is 0 Å². The third kappa shape index (κ3) is 10.0. The second kappa shape index (κ2) is 12.8. The molecule has 0 aliphatic heterocycles. The van der Waals surface area contributed by atoms with Gasteiger partial charge in [-0.3, -0.25) is 4.90 Å². The maximum atomic E-state index is 5.42.